The molecular formula is C11H12N4. The quantitative estimate of drug-likeness (QED) is 0.730. The van der Waals surface area contributed by atoms with Crippen LogP contribution in [0.2, 0.25) is 0 Å². The van der Waals surface area contributed by atoms with Crippen LogP contribution in [0.15, 0.2) is 24.7 Å². The third-order valence-corrected chi connectivity index (χ3v) is 2.77. The highest BCUT2D eigenvalue weighted by atomic mass is 15.1. The van der Waals surface area contributed by atoms with Gasteiger partial charge in [-0.15, -0.1) is 0 Å². The lowest BCUT2D eigenvalue weighted by molar-refractivity contribution is 0.738. The predicted molar refractivity (Wildman–Crippen MR) is 59.4 cm³/mol. The van der Waals surface area contributed by atoms with E-state index in [2.05, 4.69) is 26.6 Å². The zero-order chi connectivity index (χ0) is 10.1. The first-order valence-electron chi connectivity index (χ1n) is 5.12. The van der Waals surface area contributed by atoms with Gasteiger partial charge < -0.3 is 5.32 Å². The molecule has 0 atom stereocenters. The van der Waals surface area contributed by atoms with Crippen LogP contribution in [0.25, 0.3) is 16.5 Å². The first-order valence-corrected chi connectivity index (χ1v) is 5.12. The predicted octanol–water partition coefficient (Wildman–Crippen LogP) is 1.33. The molecule has 1 aliphatic rings. The fraction of sp³-hybridized carbons (Fsp3) is 0.273. The number of nitrogens with one attached hydrogen (secondary N) is 2. The molecule has 0 radical (unpaired) electrons. The number of aromatic nitrogens is 3. The number of pyridine rings is 1. The van der Waals surface area contributed by atoms with E-state index in [1.165, 1.54) is 11.1 Å². The van der Waals surface area contributed by atoms with Gasteiger partial charge in [0.25, 0.3) is 0 Å². The summed E-state index contributed by atoms with van der Waals surface area (Å²) in [6.45, 7) is 1.98. The van der Waals surface area contributed by atoms with Crippen LogP contribution in [0.5, 0.6) is 0 Å². The average molecular weight is 200 g/mol. The monoisotopic (exact) mass is 200 g/mol. The Bertz CT molecular complexity index is 512. The Morgan fingerprint density at radius 3 is 3.07 bits per heavy atom. The number of nitrogens with zero attached hydrogens (tertiary/aromatic N) is 2. The summed E-state index contributed by atoms with van der Waals surface area (Å²) in [5.74, 6) is 0. The molecule has 1 aliphatic heterocycles. The molecule has 0 aliphatic carbocycles. The number of rotatable bonds is 1. The van der Waals surface area contributed by atoms with Gasteiger partial charge in [0.05, 0.1) is 11.7 Å². The number of hydrogen-bond donors (Lipinski definition) is 2. The van der Waals surface area contributed by atoms with Crippen molar-refractivity contribution in [3.63, 3.8) is 0 Å². The normalized spacial score (nSPS) is 16.7. The molecule has 0 unspecified atom stereocenters. The molecule has 0 bridgehead atoms. The smallest absolute Gasteiger partial charge is 0.0756 e. The van der Waals surface area contributed by atoms with Crippen LogP contribution < -0.4 is 5.32 Å². The van der Waals surface area contributed by atoms with Crippen LogP contribution in [0.3, 0.4) is 0 Å². The van der Waals surface area contributed by atoms with Crippen molar-refractivity contribution >= 4 is 16.5 Å². The largest absolute Gasteiger partial charge is 0.313 e. The zero-order valence-electron chi connectivity index (χ0n) is 8.33. The molecule has 2 aromatic heterocycles. The molecule has 0 aromatic carbocycles. The Morgan fingerprint density at radius 1 is 1.20 bits per heavy atom. The van der Waals surface area contributed by atoms with E-state index < -0.39 is 0 Å². The van der Waals surface area contributed by atoms with E-state index in [1.807, 2.05) is 18.6 Å². The van der Waals surface area contributed by atoms with Crippen LogP contribution in [-0.4, -0.2) is 28.3 Å². The highest BCUT2D eigenvalue weighted by molar-refractivity contribution is 5.89. The first-order chi connectivity index (χ1) is 7.45. The number of H-pyrrole nitrogens is 1. The molecule has 3 rings (SSSR count). The summed E-state index contributed by atoms with van der Waals surface area (Å²) in [4.78, 5) is 4.24. The Balaban J connectivity index is 2.17. The van der Waals surface area contributed by atoms with Gasteiger partial charge >= 0.3 is 0 Å². The summed E-state index contributed by atoms with van der Waals surface area (Å²) < 4.78 is 0. The molecule has 76 valence electrons. The van der Waals surface area contributed by atoms with E-state index in [1.54, 1.807) is 0 Å². The van der Waals surface area contributed by atoms with Crippen LogP contribution in [0.1, 0.15) is 12.0 Å². The highest BCUT2D eigenvalue weighted by Crippen LogP contribution is 2.24. The summed E-state index contributed by atoms with van der Waals surface area (Å²) in [6.07, 6.45) is 8.84. The zero-order valence-corrected chi connectivity index (χ0v) is 8.33. The van der Waals surface area contributed by atoms with E-state index in [0.29, 0.717) is 0 Å². The fourth-order valence-electron chi connectivity index (χ4n) is 1.98. The molecule has 15 heavy (non-hydrogen) atoms. The lowest BCUT2D eigenvalue weighted by atomic mass is 10.0. The summed E-state index contributed by atoms with van der Waals surface area (Å²) >= 11 is 0. The lowest BCUT2D eigenvalue weighted by Crippen LogP contribution is -2.20. The molecule has 2 aromatic rings. The van der Waals surface area contributed by atoms with Crippen molar-refractivity contribution in [2.75, 3.05) is 13.1 Å². The molecule has 2 N–H and O–H groups in total. The van der Waals surface area contributed by atoms with E-state index in [9.17, 15) is 0 Å². The maximum atomic E-state index is 4.24. The number of aromatic amines is 1. The van der Waals surface area contributed by atoms with Crippen molar-refractivity contribution in [3.8, 4) is 0 Å². The van der Waals surface area contributed by atoms with Gasteiger partial charge in [0.1, 0.15) is 0 Å². The molecule has 3 heterocycles. The van der Waals surface area contributed by atoms with Gasteiger partial charge in [-0.05, 0) is 18.5 Å². The SMILES string of the molecule is C1=C(c2cncc3cn[nH]c23)CCNC1. The lowest BCUT2D eigenvalue weighted by Gasteiger charge is -2.14. The van der Waals surface area contributed by atoms with Gasteiger partial charge in [-0.25, -0.2) is 0 Å². The van der Waals surface area contributed by atoms with Gasteiger partial charge in [0.2, 0.25) is 0 Å². The van der Waals surface area contributed by atoms with Crippen LogP contribution in [-0.2, 0) is 0 Å². The van der Waals surface area contributed by atoms with Crippen LogP contribution in [0, 0.1) is 0 Å². The Kier molecular flexibility index (Phi) is 1.99. The molecule has 4 nitrogen and oxygen atoms in total. The van der Waals surface area contributed by atoms with E-state index in [-0.39, 0.29) is 0 Å². The first kappa shape index (κ1) is 8.61. The Morgan fingerprint density at radius 2 is 2.20 bits per heavy atom. The fourth-order valence-corrected chi connectivity index (χ4v) is 1.98. The van der Waals surface area contributed by atoms with E-state index in [4.69, 9.17) is 0 Å². The molecular weight excluding hydrogens is 188 g/mol. The van der Waals surface area contributed by atoms with Gasteiger partial charge in [0.15, 0.2) is 0 Å². The molecule has 0 saturated heterocycles. The van der Waals surface area contributed by atoms with Crippen LogP contribution in [0.4, 0.5) is 0 Å². The summed E-state index contributed by atoms with van der Waals surface area (Å²) in [6, 6.07) is 0. The van der Waals surface area contributed by atoms with E-state index >= 15 is 0 Å². The third-order valence-electron chi connectivity index (χ3n) is 2.77. The second-order valence-electron chi connectivity index (χ2n) is 3.70. The van der Waals surface area contributed by atoms with Gasteiger partial charge in [-0.2, -0.15) is 5.10 Å². The minimum Gasteiger partial charge on any atom is -0.313 e. The van der Waals surface area contributed by atoms with Crippen molar-refractivity contribution in [2.24, 2.45) is 0 Å². The Hall–Kier alpha value is -1.68. The molecule has 4 heteroatoms. The minimum atomic E-state index is 0.944. The van der Waals surface area contributed by atoms with Gasteiger partial charge in [0, 0.05) is 29.9 Å². The average Bonchev–Trinajstić information content (AvgIpc) is 2.78. The van der Waals surface area contributed by atoms with Crippen LogP contribution >= 0.6 is 0 Å². The third kappa shape index (κ3) is 1.43. The molecule has 0 spiro atoms. The van der Waals surface area contributed by atoms with Crippen molar-refractivity contribution in [3.05, 3.63) is 30.2 Å². The van der Waals surface area contributed by atoms with E-state index in [0.717, 1.165) is 30.4 Å². The van der Waals surface area contributed by atoms with Crippen molar-refractivity contribution < 1.29 is 0 Å². The summed E-state index contributed by atoms with van der Waals surface area (Å²) in [7, 11) is 0. The summed E-state index contributed by atoms with van der Waals surface area (Å²) in [5, 5.41) is 11.5. The summed E-state index contributed by atoms with van der Waals surface area (Å²) in [5.41, 5.74) is 3.64. The number of fused-ring (bicyclic) bond motifs is 1. The number of hydrogen-bond acceptors (Lipinski definition) is 3. The standard InChI is InChI=1S/C11H12N4/c1-3-12-4-2-8(1)10-7-13-5-9-6-14-15-11(9)10/h1,5-7,12H,2-4H2,(H,14,15). The maximum absolute atomic E-state index is 4.24. The topological polar surface area (TPSA) is 53.6 Å². The van der Waals surface area contributed by atoms with Crippen molar-refractivity contribution in [2.45, 2.75) is 6.42 Å². The molecule has 0 amide bonds. The van der Waals surface area contributed by atoms with Crippen molar-refractivity contribution in [1.29, 1.82) is 0 Å². The Labute approximate surface area is 87.4 Å². The minimum absolute atomic E-state index is 0.944. The molecule has 0 fully saturated rings. The van der Waals surface area contributed by atoms with Crippen molar-refractivity contribution in [1.82, 2.24) is 20.5 Å². The second kappa shape index (κ2) is 3.47. The van der Waals surface area contributed by atoms with Gasteiger partial charge in [-0.3, -0.25) is 10.1 Å². The maximum Gasteiger partial charge on any atom is 0.0756 e. The highest BCUT2D eigenvalue weighted by Gasteiger charge is 2.10. The molecule has 0 saturated carbocycles. The second-order valence-corrected chi connectivity index (χ2v) is 3.70. The van der Waals surface area contributed by atoms with Gasteiger partial charge in [-0.1, -0.05) is 6.08 Å².